The molecule has 1 unspecified atom stereocenters. The second kappa shape index (κ2) is 9.29. The highest BCUT2D eigenvalue weighted by molar-refractivity contribution is 5.82. The van der Waals surface area contributed by atoms with Gasteiger partial charge in [0.15, 0.2) is 6.61 Å². The average Bonchev–Trinajstić information content (AvgIpc) is 2.55. The summed E-state index contributed by atoms with van der Waals surface area (Å²) in [5.41, 5.74) is 2.09. The van der Waals surface area contributed by atoms with Gasteiger partial charge in [-0.3, -0.25) is 4.79 Å². The molecule has 0 fully saturated rings. The molecule has 2 N–H and O–H groups in total. The molecule has 1 aromatic carbocycles. The van der Waals surface area contributed by atoms with Gasteiger partial charge in [-0.15, -0.1) is 0 Å². The first kappa shape index (κ1) is 20.8. The van der Waals surface area contributed by atoms with E-state index in [0.29, 0.717) is 0 Å². The van der Waals surface area contributed by atoms with Crippen molar-refractivity contribution < 1.29 is 27.5 Å². The molecule has 0 spiro atoms. The molecule has 1 aromatic rings. The van der Waals surface area contributed by atoms with Crippen LogP contribution in [0.3, 0.4) is 0 Å². The van der Waals surface area contributed by atoms with Crippen LogP contribution in [0.25, 0.3) is 0 Å². The van der Waals surface area contributed by atoms with Crippen molar-refractivity contribution in [3.63, 3.8) is 0 Å². The van der Waals surface area contributed by atoms with Gasteiger partial charge in [-0.2, -0.15) is 13.2 Å². The van der Waals surface area contributed by atoms with E-state index in [9.17, 15) is 22.8 Å². The standard InChI is InChI=1S/C17H23F3N2O3/c1-4-12-5-7-13(8-6-12)15(11(2)3)22-14(23)9-21-16(24)25-10-17(18,19)20/h5-8,11,15H,4,9-10H2,1-3H3,(H,21,24)(H,22,23). The molecular weight excluding hydrogens is 337 g/mol. The Kier molecular flexibility index (Phi) is 7.73. The minimum Gasteiger partial charge on any atom is -0.440 e. The van der Waals surface area contributed by atoms with Crippen LogP contribution in [-0.2, 0) is 16.0 Å². The fourth-order valence-electron chi connectivity index (χ4n) is 2.17. The Morgan fingerprint density at radius 3 is 2.24 bits per heavy atom. The third kappa shape index (κ3) is 7.91. The van der Waals surface area contributed by atoms with Crippen LogP contribution >= 0.6 is 0 Å². The summed E-state index contributed by atoms with van der Waals surface area (Å²) in [6.45, 7) is 3.75. The molecule has 0 aliphatic rings. The van der Waals surface area contributed by atoms with Gasteiger partial charge in [-0.1, -0.05) is 45.0 Å². The van der Waals surface area contributed by atoms with Gasteiger partial charge in [-0.05, 0) is 23.5 Å². The minimum absolute atomic E-state index is 0.0913. The van der Waals surface area contributed by atoms with E-state index in [-0.39, 0.29) is 12.0 Å². The number of ether oxygens (including phenoxy) is 1. The molecular formula is C17H23F3N2O3. The fraction of sp³-hybridized carbons (Fsp3) is 0.529. The Balaban J connectivity index is 2.54. The molecule has 0 saturated heterocycles. The number of carbonyl (C=O) groups excluding carboxylic acids is 2. The Bertz CT molecular complexity index is 571. The van der Waals surface area contributed by atoms with Gasteiger partial charge < -0.3 is 15.4 Å². The number of rotatable bonds is 7. The summed E-state index contributed by atoms with van der Waals surface area (Å²) in [6.07, 6.45) is -4.99. The van der Waals surface area contributed by atoms with E-state index >= 15 is 0 Å². The van der Waals surface area contributed by atoms with Gasteiger partial charge >= 0.3 is 12.3 Å². The first-order chi connectivity index (χ1) is 11.6. The molecule has 5 nitrogen and oxygen atoms in total. The number of aryl methyl sites for hydroxylation is 1. The van der Waals surface area contributed by atoms with Crippen molar-refractivity contribution in [2.24, 2.45) is 5.92 Å². The summed E-state index contributed by atoms with van der Waals surface area (Å²) in [4.78, 5) is 23.1. The normalized spacial score (nSPS) is 12.6. The van der Waals surface area contributed by atoms with Crippen molar-refractivity contribution in [3.05, 3.63) is 35.4 Å². The van der Waals surface area contributed by atoms with Gasteiger partial charge in [0.05, 0.1) is 6.04 Å². The number of alkyl carbamates (subject to hydrolysis) is 1. The highest BCUT2D eigenvalue weighted by Gasteiger charge is 2.29. The van der Waals surface area contributed by atoms with Crippen LogP contribution in [0.1, 0.15) is 37.9 Å². The van der Waals surface area contributed by atoms with Crippen LogP contribution < -0.4 is 10.6 Å². The summed E-state index contributed by atoms with van der Waals surface area (Å²) in [6, 6.07) is 7.53. The van der Waals surface area contributed by atoms with Gasteiger partial charge in [0, 0.05) is 0 Å². The first-order valence-electron chi connectivity index (χ1n) is 7.98. The molecule has 2 amide bonds. The number of hydrogen-bond donors (Lipinski definition) is 2. The largest absolute Gasteiger partial charge is 0.440 e. The molecule has 1 atom stereocenters. The third-order valence-corrected chi connectivity index (χ3v) is 3.49. The van der Waals surface area contributed by atoms with Gasteiger partial charge in [0.2, 0.25) is 5.91 Å². The topological polar surface area (TPSA) is 67.4 Å². The number of amides is 2. The molecule has 0 heterocycles. The van der Waals surface area contributed by atoms with Crippen molar-refractivity contribution in [2.75, 3.05) is 13.2 Å². The number of hydrogen-bond acceptors (Lipinski definition) is 3. The molecule has 0 radical (unpaired) electrons. The summed E-state index contributed by atoms with van der Waals surface area (Å²) < 4.78 is 39.8. The minimum atomic E-state index is -4.60. The summed E-state index contributed by atoms with van der Waals surface area (Å²) >= 11 is 0. The van der Waals surface area contributed by atoms with E-state index in [1.165, 1.54) is 5.56 Å². The zero-order valence-electron chi connectivity index (χ0n) is 14.4. The van der Waals surface area contributed by atoms with Gasteiger partial charge in [-0.25, -0.2) is 4.79 Å². The summed E-state index contributed by atoms with van der Waals surface area (Å²) in [5.74, 6) is -0.421. The number of alkyl halides is 3. The monoisotopic (exact) mass is 360 g/mol. The predicted molar refractivity (Wildman–Crippen MR) is 86.9 cm³/mol. The SMILES string of the molecule is CCc1ccc(C(NC(=O)CNC(=O)OCC(F)(F)F)C(C)C)cc1. The Hall–Kier alpha value is -2.25. The number of nitrogens with one attached hydrogen (secondary N) is 2. The van der Waals surface area contributed by atoms with Gasteiger partial charge in [0.25, 0.3) is 0 Å². The lowest BCUT2D eigenvalue weighted by molar-refractivity contribution is -0.160. The molecule has 0 aliphatic carbocycles. The quantitative estimate of drug-likeness (QED) is 0.784. The van der Waals surface area contributed by atoms with Crippen molar-refractivity contribution >= 4 is 12.0 Å². The van der Waals surface area contributed by atoms with Crippen molar-refractivity contribution in [3.8, 4) is 0 Å². The molecule has 1 rings (SSSR count). The van der Waals surface area contributed by atoms with Crippen LogP contribution in [0.4, 0.5) is 18.0 Å². The zero-order chi connectivity index (χ0) is 19.0. The van der Waals surface area contributed by atoms with E-state index in [1.54, 1.807) is 0 Å². The molecule has 0 saturated carbocycles. The van der Waals surface area contributed by atoms with Crippen molar-refractivity contribution in [1.29, 1.82) is 0 Å². The predicted octanol–water partition coefficient (Wildman–Crippen LogP) is 3.35. The molecule has 25 heavy (non-hydrogen) atoms. The van der Waals surface area contributed by atoms with Crippen LogP contribution in [-0.4, -0.2) is 31.3 Å². The Morgan fingerprint density at radius 2 is 1.76 bits per heavy atom. The van der Waals surface area contributed by atoms with E-state index in [1.807, 2.05) is 50.4 Å². The molecule has 8 heteroatoms. The van der Waals surface area contributed by atoms with Crippen LogP contribution in [0.2, 0.25) is 0 Å². The second-order valence-electron chi connectivity index (χ2n) is 5.93. The molecule has 140 valence electrons. The van der Waals surface area contributed by atoms with E-state index in [2.05, 4.69) is 10.1 Å². The smallest absolute Gasteiger partial charge is 0.422 e. The number of halogens is 3. The van der Waals surface area contributed by atoms with Gasteiger partial charge in [0.1, 0.15) is 6.54 Å². The highest BCUT2D eigenvalue weighted by Crippen LogP contribution is 2.22. The Morgan fingerprint density at radius 1 is 1.16 bits per heavy atom. The van der Waals surface area contributed by atoms with E-state index < -0.39 is 31.3 Å². The maximum Gasteiger partial charge on any atom is 0.422 e. The maximum atomic E-state index is 12.0. The number of benzene rings is 1. The second-order valence-corrected chi connectivity index (χ2v) is 5.93. The molecule has 0 aliphatic heterocycles. The number of carbonyl (C=O) groups is 2. The van der Waals surface area contributed by atoms with Crippen molar-refractivity contribution in [2.45, 2.75) is 39.4 Å². The lowest BCUT2D eigenvalue weighted by Crippen LogP contribution is -2.40. The van der Waals surface area contributed by atoms with Crippen LogP contribution in [0.15, 0.2) is 24.3 Å². The van der Waals surface area contributed by atoms with Crippen LogP contribution in [0, 0.1) is 5.92 Å². The first-order valence-corrected chi connectivity index (χ1v) is 7.98. The average molecular weight is 360 g/mol. The lowest BCUT2D eigenvalue weighted by atomic mass is 9.95. The van der Waals surface area contributed by atoms with Crippen molar-refractivity contribution in [1.82, 2.24) is 10.6 Å². The maximum absolute atomic E-state index is 12.0. The summed E-state index contributed by atoms with van der Waals surface area (Å²) in [7, 11) is 0. The van der Waals surface area contributed by atoms with E-state index in [0.717, 1.165) is 12.0 Å². The summed E-state index contributed by atoms with van der Waals surface area (Å²) in [5, 5.41) is 4.76. The lowest BCUT2D eigenvalue weighted by Gasteiger charge is -2.23. The highest BCUT2D eigenvalue weighted by atomic mass is 19.4. The zero-order valence-corrected chi connectivity index (χ0v) is 14.4. The third-order valence-electron chi connectivity index (χ3n) is 3.49. The van der Waals surface area contributed by atoms with Crippen LogP contribution in [0.5, 0.6) is 0 Å². The van der Waals surface area contributed by atoms with E-state index in [4.69, 9.17) is 0 Å². The molecule has 0 aromatic heterocycles. The fourth-order valence-corrected chi connectivity index (χ4v) is 2.17. The molecule has 0 bridgehead atoms. The Labute approximate surface area is 144 Å².